The van der Waals surface area contributed by atoms with Gasteiger partial charge in [0.25, 0.3) is 5.91 Å². The molecule has 3 rings (SSSR count). The molecule has 2 fully saturated rings. The molecule has 2 saturated heterocycles. The Morgan fingerprint density at radius 3 is 2.53 bits per heavy atom. The number of likely N-dealkylation sites (tertiary alicyclic amines) is 1. The van der Waals surface area contributed by atoms with Crippen molar-refractivity contribution in [3.05, 3.63) is 29.8 Å². The smallest absolute Gasteiger partial charge is 0.255 e. The summed E-state index contributed by atoms with van der Waals surface area (Å²) < 4.78 is 5.29. The van der Waals surface area contributed by atoms with Crippen LogP contribution in [0.3, 0.4) is 0 Å². The molecule has 1 aromatic rings. The van der Waals surface area contributed by atoms with Crippen LogP contribution in [0.4, 0.5) is 0 Å². The molecule has 2 amide bonds. The highest BCUT2D eigenvalue weighted by Gasteiger charge is 2.47. The SMILES string of the molecule is COc1cccc(C(=O)N2CCSC23CCN(C(=O)CC(C)CC(C)(C)C)CC3)c1. The van der Waals surface area contributed by atoms with Crippen LogP contribution in [0.15, 0.2) is 24.3 Å². The van der Waals surface area contributed by atoms with Crippen LogP contribution in [0.2, 0.25) is 0 Å². The van der Waals surface area contributed by atoms with E-state index in [9.17, 15) is 9.59 Å². The molecule has 1 unspecified atom stereocenters. The number of carbonyl (C=O) groups is 2. The largest absolute Gasteiger partial charge is 0.497 e. The number of ether oxygens (including phenoxy) is 1. The van der Waals surface area contributed by atoms with E-state index in [1.165, 1.54) is 0 Å². The number of rotatable bonds is 5. The number of carbonyl (C=O) groups excluding carboxylic acids is 2. The molecule has 5 nitrogen and oxygen atoms in total. The van der Waals surface area contributed by atoms with Crippen molar-refractivity contribution in [3.63, 3.8) is 0 Å². The second-order valence-corrected chi connectivity index (χ2v) is 11.4. The number of nitrogens with zero attached hydrogens (tertiary/aromatic N) is 2. The Hall–Kier alpha value is -1.69. The number of benzene rings is 1. The highest BCUT2D eigenvalue weighted by Crippen LogP contribution is 2.44. The van der Waals surface area contributed by atoms with Crippen molar-refractivity contribution >= 4 is 23.6 Å². The van der Waals surface area contributed by atoms with Crippen LogP contribution in [0, 0.1) is 11.3 Å². The van der Waals surface area contributed by atoms with Crippen LogP contribution in [-0.4, -0.2) is 59.0 Å². The average molecular weight is 433 g/mol. The lowest BCUT2D eigenvalue weighted by Gasteiger charge is -2.44. The Kier molecular flexibility index (Phi) is 7.05. The Morgan fingerprint density at radius 2 is 1.90 bits per heavy atom. The van der Waals surface area contributed by atoms with Crippen LogP contribution < -0.4 is 4.74 Å². The number of methoxy groups -OCH3 is 1. The van der Waals surface area contributed by atoms with Gasteiger partial charge in [-0.05, 0) is 48.8 Å². The van der Waals surface area contributed by atoms with Crippen molar-refractivity contribution in [2.75, 3.05) is 32.5 Å². The summed E-state index contributed by atoms with van der Waals surface area (Å²) in [6.45, 7) is 11.1. The quantitative estimate of drug-likeness (QED) is 0.679. The summed E-state index contributed by atoms with van der Waals surface area (Å²) >= 11 is 1.88. The molecule has 0 bridgehead atoms. The fraction of sp³-hybridized carbons (Fsp3) is 0.667. The first-order valence-corrected chi connectivity index (χ1v) is 12.0. The van der Waals surface area contributed by atoms with E-state index in [0.717, 1.165) is 44.6 Å². The highest BCUT2D eigenvalue weighted by atomic mass is 32.2. The molecule has 1 spiro atoms. The van der Waals surface area contributed by atoms with E-state index in [0.29, 0.717) is 23.7 Å². The van der Waals surface area contributed by atoms with E-state index in [4.69, 9.17) is 4.74 Å². The minimum atomic E-state index is -0.187. The third kappa shape index (κ3) is 5.32. The van der Waals surface area contributed by atoms with Crippen LogP contribution in [-0.2, 0) is 4.79 Å². The molecule has 0 aromatic heterocycles. The second kappa shape index (κ2) is 9.21. The Labute approximate surface area is 185 Å². The maximum Gasteiger partial charge on any atom is 0.255 e. The van der Waals surface area contributed by atoms with Crippen molar-refractivity contribution in [3.8, 4) is 5.75 Å². The van der Waals surface area contributed by atoms with Gasteiger partial charge in [0.05, 0.1) is 12.0 Å². The van der Waals surface area contributed by atoms with E-state index in [2.05, 4.69) is 27.7 Å². The van der Waals surface area contributed by atoms with Gasteiger partial charge < -0.3 is 14.5 Å². The predicted molar refractivity (Wildman–Crippen MR) is 123 cm³/mol. The summed E-state index contributed by atoms with van der Waals surface area (Å²) in [5.41, 5.74) is 0.915. The molecule has 2 heterocycles. The molecule has 0 N–H and O–H groups in total. The number of thioether (sulfide) groups is 1. The van der Waals surface area contributed by atoms with Gasteiger partial charge in [-0.25, -0.2) is 0 Å². The molecule has 6 heteroatoms. The maximum atomic E-state index is 13.3. The number of amides is 2. The Morgan fingerprint density at radius 1 is 1.20 bits per heavy atom. The van der Waals surface area contributed by atoms with Gasteiger partial charge in [0.1, 0.15) is 5.75 Å². The fourth-order valence-electron chi connectivity index (χ4n) is 4.87. The van der Waals surface area contributed by atoms with Gasteiger partial charge >= 0.3 is 0 Å². The summed E-state index contributed by atoms with van der Waals surface area (Å²) in [4.78, 5) is 30.0. The second-order valence-electron chi connectivity index (χ2n) is 9.94. The third-order valence-corrected chi connectivity index (χ3v) is 7.67. The monoisotopic (exact) mass is 432 g/mol. The molecule has 1 aromatic carbocycles. The zero-order chi connectivity index (χ0) is 21.9. The van der Waals surface area contributed by atoms with Crippen molar-refractivity contribution < 1.29 is 14.3 Å². The molecule has 166 valence electrons. The van der Waals surface area contributed by atoms with Crippen LogP contribution in [0.5, 0.6) is 5.75 Å². The molecule has 30 heavy (non-hydrogen) atoms. The minimum Gasteiger partial charge on any atom is -0.497 e. The van der Waals surface area contributed by atoms with Gasteiger partial charge in [-0.3, -0.25) is 9.59 Å². The number of hydrogen-bond donors (Lipinski definition) is 0. The van der Waals surface area contributed by atoms with Crippen LogP contribution >= 0.6 is 11.8 Å². The lowest BCUT2D eigenvalue weighted by molar-refractivity contribution is -0.133. The number of hydrogen-bond acceptors (Lipinski definition) is 4. The summed E-state index contributed by atoms with van der Waals surface area (Å²) in [6, 6.07) is 7.39. The fourth-order valence-corrected chi connectivity index (χ4v) is 6.33. The summed E-state index contributed by atoms with van der Waals surface area (Å²) in [7, 11) is 1.62. The maximum absolute atomic E-state index is 13.3. The van der Waals surface area contributed by atoms with Crippen molar-refractivity contribution in [2.24, 2.45) is 11.3 Å². The van der Waals surface area contributed by atoms with E-state index >= 15 is 0 Å². The van der Waals surface area contributed by atoms with Gasteiger partial charge in [0.2, 0.25) is 5.91 Å². The molecule has 0 saturated carbocycles. The van der Waals surface area contributed by atoms with Gasteiger partial charge in [0.15, 0.2) is 0 Å². The molecule has 2 aliphatic rings. The summed E-state index contributed by atoms with van der Waals surface area (Å²) in [5, 5.41) is 0. The standard InChI is InChI=1S/C24H36N2O3S/c1-18(17-23(2,3)4)15-21(27)25-11-9-24(10-12-25)26(13-14-30-24)22(28)19-7-6-8-20(16-19)29-5/h6-8,16,18H,9-15,17H2,1-5H3. The molecule has 0 aliphatic carbocycles. The molecule has 2 aliphatic heterocycles. The van der Waals surface area contributed by atoms with E-state index in [1.54, 1.807) is 7.11 Å². The van der Waals surface area contributed by atoms with Crippen LogP contribution in [0.1, 0.15) is 63.7 Å². The van der Waals surface area contributed by atoms with Crippen LogP contribution in [0.25, 0.3) is 0 Å². The average Bonchev–Trinajstić information content (AvgIpc) is 3.09. The van der Waals surface area contributed by atoms with Crippen molar-refractivity contribution in [2.45, 2.75) is 58.2 Å². The number of piperidine rings is 1. The first-order chi connectivity index (χ1) is 14.1. The molecular formula is C24H36N2O3S. The zero-order valence-corrected chi connectivity index (χ0v) is 19.9. The van der Waals surface area contributed by atoms with Crippen molar-refractivity contribution in [1.82, 2.24) is 9.80 Å². The first kappa shape index (κ1) is 23.0. The predicted octanol–water partition coefficient (Wildman–Crippen LogP) is 4.67. The highest BCUT2D eigenvalue weighted by molar-refractivity contribution is 8.00. The van der Waals surface area contributed by atoms with Gasteiger partial charge in [-0.2, -0.15) is 0 Å². The van der Waals surface area contributed by atoms with E-state index in [-0.39, 0.29) is 22.1 Å². The van der Waals surface area contributed by atoms with Gasteiger partial charge in [-0.15, -0.1) is 11.8 Å². The topological polar surface area (TPSA) is 49.9 Å². The van der Waals surface area contributed by atoms with E-state index < -0.39 is 0 Å². The lowest BCUT2D eigenvalue weighted by Crippen LogP contribution is -2.53. The molecule has 1 atom stereocenters. The zero-order valence-electron chi connectivity index (χ0n) is 19.1. The molecule has 0 radical (unpaired) electrons. The minimum absolute atomic E-state index is 0.0671. The summed E-state index contributed by atoms with van der Waals surface area (Å²) in [6.07, 6.45) is 3.35. The van der Waals surface area contributed by atoms with Gasteiger partial charge in [-0.1, -0.05) is 33.8 Å². The van der Waals surface area contributed by atoms with Gasteiger partial charge in [0, 0.05) is 37.4 Å². The normalized spacial score (nSPS) is 19.8. The lowest BCUT2D eigenvalue weighted by atomic mass is 9.84. The first-order valence-electron chi connectivity index (χ1n) is 11.0. The third-order valence-electron chi connectivity index (χ3n) is 6.12. The van der Waals surface area contributed by atoms with E-state index in [1.807, 2.05) is 45.8 Å². The summed E-state index contributed by atoms with van der Waals surface area (Å²) in [5.74, 6) is 2.37. The van der Waals surface area contributed by atoms with Crippen molar-refractivity contribution in [1.29, 1.82) is 0 Å². The Balaban J connectivity index is 1.61. The Bertz CT molecular complexity index is 766. The molecular weight excluding hydrogens is 396 g/mol.